The van der Waals surface area contributed by atoms with Crippen LogP contribution in [-0.2, 0) is 19.1 Å². The Morgan fingerprint density at radius 1 is 1.00 bits per heavy atom. The van der Waals surface area contributed by atoms with Crippen molar-refractivity contribution >= 4 is 35.3 Å². The maximum Gasteiger partial charge on any atom is 0.328 e. The van der Waals surface area contributed by atoms with E-state index in [-0.39, 0.29) is 24.1 Å². The highest BCUT2D eigenvalue weighted by atomic mass is 19.1. The van der Waals surface area contributed by atoms with Gasteiger partial charge < -0.3 is 45.4 Å². The van der Waals surface area contributed by atoms with Crippen LogP contribution in [0, 0.1) is 12.7 Å². The number of nitrogens with zero attached hydrogens (tertiary/aromatic N) is 1. The van der Waals surface area contributed by atoms with Gasteiger partial charge in [-0.05, 0) is 67.4 Å². The minimum Gasteiger partial charge on any atom is -0.467 e. The second kappa shape index (κ2) is 16.7. The number of aromatic amines is 1. The number of carbonyl (C=O) groups excluding carboxylic acids is 4. The number of nitrogens with one attached hydrogen (secondary N) is 4. The standard InChI is InChI=1S/C33H34FN5O9/c1-19-3-8-25(34)27(13-19)39-33(45)37-21-4-6-23(7-5-21)48-24-11-12-35-29(15-24)28-14-20(16-36-28)31(43)38-26(32(44)46-2)9-10-30(42)47-18-22(41)17-40/h3-8,11-16,22,26,36,40-41H,9-10,17-18H2,1-2H3,(H,38,43)(H2,37,39,45). The number of aromatic nitrogens is 2. The number of aliphatic hydroxyl groups excluding tert-OH is 2. The van der Waals surface area contributed by atoms with Gasteiger partial charge in [0.25, 0.3) is 5.91 Å². The molecule has 252 valence electrons. The monoisotopic (exact) mass is 663 g/mol. The maximum atomic E-state index is 14.0. The number of aryl methyl sites for hydroxylation is 1. The second-order valence-electron chi connectivity index (χ2n) is 10.5. The highest BCUT2D eigenvalue weighted by Crippen LogP contribution is 2.27. The van der Waals surface area contributed by atoms with Crippen molar-refractivity contribution in [3.8, 4) is 22.9 Å². The highest BCUT2D eigenvalue weighted by molar-refractivity contribution is 6.00. The van der Waals surface area contributed by atoms with Crippen LogP contribution in [0.15, 0.2) is 73.1 Å². The first-order chi connectivity index (χ1) is 23.0. The number of carbonyl (C=O) groups is 4. The molecule has 0 aliphatic heterocycles. The third-order valence-corrected chi connectivity index (χ3v) is 6.75. The molecular formula is C33H34FN5O9. The van der Waals surface area contributed by atoms with Crippen LogP contribution in [0.3, 0.4) is 0 Å². The summed E-state index contributed by atoms with van der Waals surface area (Å²) in [5, 5.41) is 25.8. The Labute approximate surface area is 274 Å². The number of aliphatic hydroxyl groups is 2. The Morgan fingerprint density at radius 2 is 1.77 bits per heavy atom. The molecule has 2 aromatic carbocycles. The average molecular weight is 664 g/mol. The van der Waals surface area contributed by atoms with Crippen molar-refractivity contribution in [2.75, 3.05) is 31.0 Å². The summed E-state index contributed by atoms with van der Waals surface area (Å²) in [6, 6.07) is 13.9. The number of halogens is 1. The number of ether oxygens (including phenoxy) is 3. The quantitative estimate of drug-likeness (QED) is 0.107. The number of pyridine rings is 1. The molecule has 14 nitrogen and oxygen atoms in total. The van der Waals surface area contributed by atoms with E-state index in [9.17, 15) is 28.7 Å². The number of H-pyrrole nitrogens is 1. The van der Waals surface area contributed by atoms with Crippen LogP contribution >= 0.6 is 0 Å². The zero-order valence-corrected chi connectivity index (χ0v) is 26.0. The molecule has 2 atom stereocenters. The second-order valence-corrected chi connectivity index (χ2v) is 10.5. The fourth-order valence-electron chi connectivity index (χ4n) is 4.27. The van der Waals surface area contributed by atoms with E-state index in [0.717, 1.165) is 12.7 Å². The molecule has 0 spiro atoms. The lowest BCUT2D eigenvalue weighted by Gasteiger charge is -2.16. The van der Waals surface area contributed by atoms with Crippen LogP contribution in [0.4, 0.5) is 20.6 Å². The van der Waals surface area contributed by atoms with E-state index in [0.29, 0.717) is 28.6 Å². The van der Waals surface area contributed by atoms with E-state index in [2.05, 4.69) is 25.9 Å². The molecule has 48 heavy (non-hydrogen) atoms. The summed E-state index contributed by atoms with van der Waals surface area (Å²) >= 11 is 0. The predicted molar refractivity (Wildman–Crippen MR) is 171 cm³/mol. The van der Waals surface area contributed by atoms with Crippen molar-refractivity contribution in [2.24, 2.45) is 0 Å². The van der Waals surface area contributed by atoms with Gasteiger partial charge in [-0.25, -0.2) is 14.0 Å². The Bertz CT molecular complexity index is 1750. The fourth-order valence-corrected chi connectivity index (χ4v) is 4.27. The van der Waals surface area contributed by atoms with E-state index in [1.54, 1.807) is 49.4 Å². The zero-order chi connectivity index (χ0) is 34.6. The van der Waals surface area contributed by atoms with E-state index in [4.69, 9.17) is 19.3 Å². The Morgan fingerprint density at radius 3 is 2.50 bits per heavy atom. The number of amides is 3. The van der Waals surface area contributed by atoms with Crippen LogP contribution in [0.1, 0.15) is 28.8 Å². The van der Waals surface area contributed by atoms with Crippen LogP contribution in [0.5, 0.6) is 11.5 Å². The Hall–Kier alpha value is -5.80. The van der Waals surface area contributed by atoms with Crippen LogP contribution in [0.2, 0.25) is 0 Å². The summed E-state index contributed by atoms with van der Waals surface area (Å²) in [6.07, 6.45) is 1.35. The summed E-state index contributed by atoms with van der Waals surface area (Å²) in [5.74, 6) is -1.77. The Kier molecular flexibility index (Phi) is 12.2. The SMILES string of the molecule is COC(=O)C(CCC(=O)OCC(O)CO)NC(=O)c1c[nH]c(-c2cc(Oc3ccc(NC(=O)Nc4cc(C)ccc4F)cc3)ccn2)c1. The molecule has 2 aromatic heterocycles. The van der Waals surface area contributed by atoms with E-state index >= 15 is 0 Å². The van der Waals surface area contributed by atoms with Crippen molar-refractivity contribution in [1.82, 2.24) is 15.3 Å². The number of hydrogen-bond donors (Lipinski definition) is 6. The summed E-state index contributed by atoms with van der Waals surface area (Å²) in [5.41, 5.74) is 2.41. The van der Waals surface area contributed by atoms with Crippen LogP contribution in [-0.4, -0.2) is 76.5 Å². The number of anilines is 2. The van der Waals surface area contributed by atoms with Crippen molar-refractivity contribution in [2.45, 2.75) is 31.9 Å². The number of benzene rings is 2. The highest BCUT2D eigenvalue weighted by Gasteiger charge is 2.24. The smallest absolute Gasteiger partial charge is 0.328 e. The number of urea groups is 1. The van der Waals surface area contributed by atoms with Crippen molar-refractivity contribution < 1.29 is 48.0 Å². The van der Waals surface area contributed by atoms with Gasteiger partial charge in [-0.1, -0.05) is 6.07 Å². The van der Waals surface area contributed by atoms with Gasteiger partial charge in [0.15, 0.2) is 0 Å². The molecule has 4 rings (SSSR count). The molecule has 0 fully saturated rings. The first-order valence-corrected chi connectivity index (χ1v) is 14.6. The number of esters is 2. The van der Waals surface area contributed by atoms with Crippen molar-refractivity contribution in [1.29, 1.82) is 0 Å². The number of rotatable bonds is 14. The molecule has 6 N–H and O–H groups in total. The molecule has 15 heteroatoms. The predicted octanol–water partition coefficient (Wildman–Crippen LogP) is 3.91. The van der Waals surface area contributed by atoms with Crippen molar-refractivity contribution in [3.63, 3.8) is 0 Å². The summed E-state index contributed by atoms with van der Waals surface area (Å²) in [4.78, 5) is 56.7. The normalized spacial score (nSPS) is 11.9. The van der Waals surface area contributed by atoms with Gasteiger partial charge in [0.05, 0.1) is 36.4 Å². The van der Waals surface area contributed by atoms with Gasteiger partial charge in [-0.2, -0.15) is 0 Å². The summed E-state index contributed by atoms with van der Waals surface area (Å²) < 4.78 is 29.5. The number of methoxy groups -OCH3 is 1. The van der Waals surface area contributed by atoms with Crippen LogP contribution in [0.25, 0.3) is 11.4 Å². The van der Waals surface area contributed by atoms with E-state index < -0.39 is 55.1 Å². The van der Waals surface area contributed by atoms with Gasteiger partial charge in [-0.3, -0.25) is 14.6 Å². The summed E-state index contributed by atoms with van der Waals surface area (Å²) in [7, 11) is 1.15. The minimum atomic E-state index is -1.22. The van der Waals surface area contributed by atoms with Crippen LogP contribution < -0.4 is 20.7 Å². The average Bonchev–Trinajstić information content (AvgIpc) is 3.58. The van der Waals surface area contributed by atoms with Gasteiger partial charge in [0, 0.05) is 30.6 Å². The lowest BCUT2D eigenvalue weighted by Crippen LogP contribution is -2.41. The lowest BCUT2D eigenvalue weighted by atomic mass is 10.1. The molecule has 0 aliphatic carbocycles. The molecule has 0 aliphatic rings. The van der Waals surface area contributed by atoms with Crippen molar-refractivity contribution in [3.05, 3.63) is 90.0 Å². The van der Waals surface area contributed by atoms with Gasteiger partial charge in [0.2, 0.25) is 0 Å². The van der Waals surface area contributed by atoms with E-state index in [1.807, 2.05) is 0 Å². The first-order valence-electron chi connectivity index (χ1n) is 14.6. The maximum absolute atomic E-state index is 14.0. The fraction of sp³-hybridized carbons (Fsp3) is 0.242. The molecule has 0 bridgehead atoms. The first kappa shape index (κ1) is 35.1. The van der Waals surface area contributed by atoms with Gasteiger partial charge >= 0.3 is 18.0 Å². The molecule has 4 aromatic rings. The Balaban J connectivity index is 1.33. The van der Waals surface area contributed by atoms with E-state index in [1.165, 1.54) is 30.6 Å². The molecule has 0 saturated carbocycles. The summed E-state index contributed by atoms with van der Waals surface area (Å²) in [6.45, 7) is 0.810. The molecule has 3 amide bonds. The molecular weight excluding hydrogens is 629 g/mol. The topological polar surface area (TPSA) is 201 Å². The largest absolute Gasteiger partial charge is 0.467 e. The number of hydrogen-bond acceptors (Lipinski definition) is 10. The molecule has 2 unspecified atom stereocenters. The lowest BCUT2D eigenvalue weighted by molar-refractivity contribution is -0.148. The molecule has 2 heterocycles. The minimum absolute atomic E-state index is 0.0642. The van der Waals surface area contributed by atoms with Gasteiger partial charge in [-0.15, -0.1) is 0 Å². The van der Waals surface area contributed by atoms with Gasteiger partial charge in [0.1, 0.15) is 36.1 Å². The molecule has 0 radical (unpaired) electrons. The third kappa shape index (κ3) is 10.1. The third-order valence-electron chi connectivity index (χ3n) is 6.75. The molecule has 0 saturated heterocycles. The zero-order valence-electron chi connectivity index (χ0n) is 26.0.